The van der Waals surface area contributed by atoms with Gasteiger partial charge in [0, 0.05) is 83.7 Å². The SMILES string of the molecule is COc1cc2cc(C(=O)N3CC(CCl)c4c3cc(O)c3cc(C(=O)NCCC(=O)N[C@@H](Cc5c[nH]c6ccccc56)C(=O)N[C@@H](CCSC)C(=O)N[C@@H](CC(=O)O)C(=O)N[C@@H](Cc5ccccc5)C(N)=O)ccc43)[nH]c2c(OC)c1OC. The third kappa shape index (κ3) is 13.3. The number of carbonyl (C=O) groups is 8. The number of methoxy groups -OCH3 is 3. The van der Waals surface area contributed by atoms with Crippen LogP contribution in [-0.4, -0.2) is 144 Å². The quantitative estimate of drug-likeness (QED) is 0.0327. The second-order valence-corrected chi connectivity index (χ2v) is 20.8. The average Bonchev–Trinajstić information content (AvgIpc) is 2.72. The molecule has 0 fully saturated rings. The number of aromatic hydroxyl groups is 1. The summed E-state index contributed by atoms with van der Waals surface area (Å²) < 4.78 is 16.6. The zero-order valence-electron chi connectivity index (χ0n) is 45.2. The largest absolute Gasteiger partial charge is 0.507 e. The van der Waals surface area contributed by atoms with Crippen molar-refractivity contribution in [2.24, 2.45) is 5.73 Å². The van der Waals surface area contributed by atoms with Gasteiger partial charge in [-0.2, -0.15) is 11.8 Å². The number of alkyl halides is 1. The molecule has 1 aliphatic heterocycles. The molecular formula is C58H62ClN9O13S. The van der Waals surface area contributed by atoms with Gasteiger partial charge < -0.3 is 71.6 Å². The molecule has 5 aromatic carbocycles. The molecule has 1 aliphatic rings. The van der Waals surface area contributed by atoms with Crippen LogP contribution in [-0.2, 0) is 41.6 Å². The number of H-pyrrole nitrogens is 2. The molecule has 0 saturated carbocycles. The van der Waals surface area contributed by atoms with Gasteiger partial charge in [0.25, 0.3) is 11.8 Å². The van der Waals surface area contributed by atoms with Crippen LogP contribution < -0.4 is 51.4 Å². The van der Waals surface area contributed by atoms with Crippen molar-refractivity contribution >= 4 is 109 Å². The highest BCUT2D eigenvalue weighted by molar-refractivity contribution is 7.98. The number of carboxylic acids is 1. The van der Waals surface area contributed by atoms with E-state index in [9.17, 15) is 48.6 Å². The average molecular weight is 1160 g/mol. The van der Waals surface area contributed by atoms with E-state index in [2.05, 4.69) is 36.6 Å². The fourth-order valence-corrected chi connectivity index (χ4v) is 10.8. The van der Waals surface area contributed by atoms with Gasteiger partial charge in [-0.3, -0.25) is 38.4 Å². The molecule has 2 aromatic heterocycles. The van der Waals surface area contributed by atoms with Crippen LogP contribution >= 0.6 is 23.4 Å². The van der Waals surface area contributed by atoms with Gasteiger partial charge in [-0.1, -0.05) is 54.6 Å². The Balaban J connectivity index is 0.951. The van der Waals surface area contributed by atoms with Gasteiger partial charge in [-0.05, 0) is 70.8 Å². The van der Waals surface area contributed by atoms with Crippen molar-refractivity contribution in [1.82, 2.24) is 36.6 Å². The Morgan fingerprint density at radius 1 is 0.780 bits per heavy atom. The van der Waals surface area contributed by atoms with Crippen LogP contribution in [0.4, 0.5) is 5.69 Å². The van der Waals surface area contributed by atoms with Crippen LogP contribution in [0.2, 0.25) is 0 Å². The molecule has 1 unspecified atom stereocenters. The van der Waals surface area contributed by atoms with Crippen LogP contribution in [0, 0.1) is 0 Å². The number of benzene rings is 5. The highest BCUT2D eigenvalue weighted by Gasteiger charge is 2.37. The number of nitrogens with zero attached hydrogens (tertiary/aromatic N) is 1. The Kier molecular flexibility index (Phi) is 19.2. The second-order valence-electron chi connectivity index (χ2n) is 19.5. The molecule has 0 aliphatic carbocycles. The molecule has 8 rings (SSSR count). The van der Waals surface area contributed by atoms with E-state index in [4.69, 9.17) is 31.5 Å². The minimum absolute atomic E-state index is 0.00196. The number of nitrogens with two attached hydrogens (primary N) is 1. The molecule has 0 spiro atoms. The molecule has 0 saturated heterocycles. The Hall–Kier alpha value is -8.96. The number of aromatic nitrogens is 2. The lowest BCUT2D eigenvalue weighted by molar-refractivity contribution is -0.141. The van der Waals surface area contributed by atoms with Crippen molar-refractivity contribution < 1.29 is 62.8 Å². The summed E-state index contributed by atoms with van der Waals surface area (Å²) in [6.45, 7) is 0.0168. The van der Waals surface area contributed by atoms with Gasteiger partial charge in [0.1, 0.15) is 35.6 Å². The molecule has 430 valence electrons. The molecule has 0 radical (unpaired) electrons. The number of halogens is 1. The smallest absolute Gasteiger partial charge is 0.305 e. The fourth-order valence-electron chi connectivity index (χ4n) is 10.1. The number of hydrogen-bond acceptors (Lipinski definition) is 13. The summed E-state index contributed by atoms with van der Waals surface area (Å²) in [4.78, 5) is 116. The molecule has 5 atom stereocenters. The number of primary amides is 1. The first-order valence-corrected chi connectivity index (χ1v) is 28.0. The Labute approximate surface area is 479 Å². The number of fused-ring (bicyclic) bond motifs is 5. The minimum atomic E-state index is -1.68. The van der Waals surface area contributed by atoms with Gasteiger partial charge in [-0.15, -0.1) is 11.6 Å². The van der Waals surface area contributed by atoms with Crippen LogP contribution in [0.5, 0.6) is 23.0 Å². The molecule has 82 heavy (non-hydrogen) atoms. The number of phenolic OH excluding ortho intramolecular Hbond substituents is 1. The molecule has 0 bridgehead atoms. The summed E-state index contributed by atoms with van der Waals surface area (Å²) in [7, 11) is 4.45. The molecule has 7 amide bonds. The summed E-state index contributed by atoms with van der Waals surface area (Å²) in [5.41, 5.74) is 9.75. The monoisotopic (exact) mass is 1160 g/mol. The maximum atomic E-state index is 14.4. The molecular weight excluding hydrogens is 1100 g/mol. The van der Waals surface area contributed by atoms with Gasteiger partial charge >= 0.3 is 5.97 Å². The lowest BCUT2D eigenvalue weighted by Crippen LogP contribution is -2.59. The summed E-state index contributed by atoms with van der Waals surface area (Å²) in [6, 6.07) is 20.1. The van der Waals surface area contributed by atoms with E-state index in [0.29, 0.717) is 67.1 Å². The van der Waals surface area contributed by atoms with E-state index in [1.54, 1.807) is 67.0 Å². The third-order valence-electron chi connectivity index (χ3n) is 14.2. The zero-order chi connectivity index (χ0) is 58.8. The number of anilines is 1. The molecule has 7 aromatic rings. The molecule has 3 heterocycles. The van der Waals surface area contributed by atoms with Crippen molar-refractivity contribution in [2.75, 3.05) is 57.2 Å². The number of para-hydroxylation sites is 1. The fraction of sp³-hybridized carbons (Fsp3) is 0.310. The number of hydrogen-bond donors (Lipinski definition) is 10. The normalized spacial score (nSPS) is 14.3. The third-order valence-corrected chi connectivity index (χ3v) is 15.2. The van der Waals surface area contributed by atoms with E-state index >= 15 is 0 Å². The number of ether oxygens (including phenoxy) is 3. The number of phenols is 1. The summed E-state index contributed by atoms with van der Waals surface area (Å²) >= 11 is 7.90. The number of carbonyl (C=O) groups excluding carboxylic acids is 7. The topological polar surface area (TPSA) is 326 Å². The van der Waals surface area contributed by atoms with Gasteiger partial charge in [0.15, 0.2) is 11.5 Å². The first-order chi connectivity index (χ1) is 39.5. The van der Waals surface area contributed by atoms with Crippen LogP contribution in [0.1, 0.15) is 62.7 Å². The number of aliphatic carboxylic acids is 1. The Morgan fingerprint density at radius 3 is 2.17 bits per heavy atom. The first-order valence-electron chi connectivity index (χ1n) is 26.0. The number of carboxylic acid groups (broad SMARTS) is 1. The molecule has 22 nitrogen and oxygen atoms in total. The summed E-state index contributed by atoms with van der Waals surface area (Å²) in [5.74, 6) is -5.51. The maximum absolute atomic E-state index is 14.4. The molecule has 24 heteroatoms. The van der Waals surface area contributed by atoms with Crippen molar-refractivity contribution in [3.8, 4) is 23.0 Å². The lowest BCUT2D eigenvalue weighted by atomic mass is 9.94. The predicted octanol–water partition coefficient (Wildman–Crippen LogP) is 4.77. The standard InChI is InChI=1S/C58H62ClN9O13S/c1-79-46-24-32-22-43(64-50(32)52(81-3)51(46)80-2)58(78)68-29-34(27-59)49-36-15-14-31(21-37(36)45(69)26-44(49)68)54(74)61-18-16-47(70)63-41(23-33-28-62-38-13-9-8-12-35(33)38)56(76)65-39(17-19-82-4)55(75)67-42(25-48(71)72)57(77)66-40(53(60)73)20-30-10-6-5-7-11-30/h5-15,21-22,24,26,28,34,39-42,62,64,69H,16-20,23,25,27,29H2,1-4H3,(H2,60,73)(H,61,74)(H,63,70)(H,65,76)(H,66,77)(H,67,75)(H,71,72)/t34?,39-,40-,41-,42-/m0/s1. The zero-order valence-corrected chi connectivity index (χ0v) is 46.8. The van der Waals surface area contributed by atoms with Crippen molar-refractivity contribution in [1.29, 1.82) is 0 Å². The van der Waals surface area contributed by atoms with E-state index in [1.165, 1.54) is 50.1 Å². The minimum Gasteiger partial charge on any atom is -0.507 e. The van der Waals surface area contributed by atoms with E-state index in [1.807, 2.05) is 24.3 Å². The highest BCUT2D eigenvalue weighted by atomic mass is 35.5. The van der Waals surface area contributed by atoms with E-state index in [-0.39, 0.29) is 67.6 Å². The van der Waals surface area contributed by atoms with E-state index in [0.717, 1.165) is 10.9 Å². The Bertz CT molecular complexity index is 3570. The van der Waals surface area contributed by atoms with Crippen molar-refractivity contribution in [3.05, 3.63) is 125 Å². The number of amides is 7. The van der Waals surface area contributed by atoms with Gasteiger partial charge in [-0.25, -0.2) is 0 Å². The maximum Gasteiger partial charge on any atom is 0.305 e. The lowest BCUT2D eigenvalue weighted by Gasteiger charge is -2.26. The highest BCUT2D eigenvalue weighted by Crippen LogP contribution is 2.47. The first kappa shape index (κ1) is 59.2. The Morgan fingerprint density at radius 2 is 1.48 bits per heavy atom. The van der Waals surface area contributed by atoms with Gasteiger partial charge in [0.2, 0.25) is 35.3 Å². The van der Waals surface area contributed by atoms with Crippen molar-refractivity contribution in [3.63, 3.8) is 0 Å². The van der Waals surface area contributed by atoms with E-state index < -0.39 is 77.9 Å². The number of aromatic amines is 2. The number of nitrogens with one attached hydrogen (secondary N) is 7. The van der Waals surface area contributed by atoms with Crippen molar-refractivity contribution in [2.45, 2.75) is 62.2 Å². The second kappa shape index (κ2) is 26.5. The summed E-state index contributed by atoms with van der Waals surface area (Å²) in [5, 5.41) is 36.6. The summed E-state index contributed by atoms with van der Waals surface area (Å²) in [6.07, 6.45) is 2.30. The van der Waals surface area contributed by atoms with Crippen LogP contribution in [0.3, 0.4) is 0 Å². The van der Waals surface area contributed by atoms with Crippen LogP contribution in [0.25, 0.3) is 32.6 Å². The molecule has 11 N–H and O–H groups in total. The number of thioether (sulfide) groups is 1. The van der Waals surface area contributed by atoms with Crippen LogP contribution in [0.15, 0.2) is 97.2 Å². The predicted molar refractivity (Wildman–Crippen MR) is 310 cm³/mol. The van der Waals surface area contributed by atoms with Gasteiger partial charge in [0.05, 0.1) is 39.0 Å². The number of rotatable bonds is 26.